The molecule has 6 heteroatoms. The zero-order valence-electron chi connectivity index (χ0n) is 13.6. The van der Waals surface area contributed by atoms with Crippen molar-refractivity contribution in [2.24, 2.45) is 0 Å². The van der Waals surface area contributed by atoms with Crippen molar-refractivity contribution in [3.8, 4) is 22.4 Å². The summed E-state index contributed by atoms with van der Waals surface area (Å²) in [7, 11) is 0. The normalized spacial score (nSPS) is 10.6. The van der Waals surface area contributed by atoms with Crippen molar-refractivity contribution in [2.75, 3.05) is 6.61 Å². The van der Waals surface area contributed by atoms with Gasteiger partial charge >= 0.3 is 0 Å². The van der Waals surface area contributed by atoms with Crippen LogP contribution in [0.1, 0.15) is 16.1 Å². The Balaban J connectivity index is 1.67. The van der Waals surface area contributed by atoms with Crippen LogP contribution in [0, 0.1) is 17.1 Å². The molecule has 1 heterocycles. The van der Waals surface area contributed by atoms with Crippen LogP contribution in [-0.2, 0) is 0 Å². The van der Waals surface area contributed by atoms with Crippen LogP contribution in [0.15, 0.2) is 60.0 Å². The molecule has 4 nitrogen and oxygen atoms in total. The van der Waals surface area contributed by atoms with E-state index < -0.39 is 0 Å². The van der Waals surface area contributed by atoms with E-state index in [0.717, 1.165) is 10.6 Å². The van der Waals surface area contributed by atoms with Crippen LogP contribution in [0.3, 0.4) is 0 Å². The molecule has 128 valence electrons. The summed E-state index contributed by atoms with van der Waals surface area (Å²) in [6.45, 7) is -0.0343. The second-order valence-electron chi connectivity index (χ2n) is 5.25. The van der Waals surface area contributed by atoms with E-state index in [1.807, 2.05) is 11.4 Å². The number of carbonyl (C=O) groups is 1. The number of aromatic nitrogens is 1. The first-order valence-electron chi connectivity index (χ1n) is 7.69. The average Bonchev–Trinajstić information content (AvgIpc) is 3.14. The number of thiazole rings is 1. The van der Waals surface area contributed by atoms with Crippen molar-refractivity contribution < 1.29 is 13.9 Å². The van der Waals surface area contributed by atoms with Crippen LogP contribution in [0.25, 0.3) is 16.6 Å². The highest BCUT2D eigenvalue weighted by molar-refractivity contribution is 7.13. The standard InChI is InChI=1S/C20H13FN2O2S/c21-16-5-1-15(2-6-16)20-23-17(13-26-20)7-10-19(24)14-3-8-18(9-4-14)25-12-11-22/h1-10,13H,12H2/b10-7+. The summed E-state index contributed by atoms with van der Waals surface area (Å²) in [6, 6.07) is 14.6. The maximum Gasteiger partial charge on any atom is 0.185 e. The molecule has 3 rings (SSSR count). The van der Waals surface area contributed by atoms with Crippen LogP contribution in [0.5, 0.6) is 5.75 Å². The van der Waals surface area contributed by atoms with Crippen molar-refractivity contribution in [1.82, 2.24) is 4.98 Å². The first-order valence-corrected chi connectivity index (χ1v) is 8.57. The number of allylic oxidation sites excluding steroid dienone is 1. The lowest BCUT2D eigenvalue weighted by atomic mass is 10.1. The van der Waals surface area contributed by atoms with Crippen LogP contribution >= 0.6 is 11.3 Å². The molecular weight excluding hydrogens is 351 g/mol. The Kier molecular flexibility index (Phi) is 5.52. The lowest BCUT2D eigenvalue weighted by Crippen LogP contribution is -1.96. The first kappa shape index (κ1) is 17.5. The zero-order valence-corrected chi connectivity index (χ0v) is 14.4. The summed E-state index contributed by atoms with van der Waals surface area (Å²) in [5, 5.41) is 11.1. The Hall–Kier alpha value is -3.30. The monoisotopic (exact) mass is 364 g/mol. The van der Waals surface area contributed by atoms with Gasteiger partial charge < -0.3 is 4.74 Å². The number of ketones is 1. The molecule has 0 atom stereocenters. The van der Waals surface area contributed by atoms with Crippen molar-refractivity contribution in [3.63, 3.8) is 0 Å². The Morgan fingerprint density at radius 2 is 1.92 bits per heavy atom. The highest BCUT2D eigenvalue weighted by atomic mass is 32.1. The van der Waals surface area contributed by atoms with Crippen molar-refractivity contribution in [2.45, 2.75) is 0 Å². The molecule has 0 spiro atoms. The summed E-state index contributed by atoms with van der Waals surface area (Å²) in [5.74, 6) is 0.0868. The second-order valence-corrected chi connectivity index (χ2v) is 6.11. The molecule has 0 amide bonds. The molecule has 0 radical (unpaired) electrons. The third-order valence-electron chi connectivity index (χ3n) is 3.46. The van der Waals surface area contributed by atoms with Gasteiger partial charge in [0, 0.05) is 16.5 Å². The van der Waals surface area contributed by atoms with Gasteiger partial charge in [-0.1, -0.05) is 0 Å². The molecule has 0 N–H and O–H groups in total. The summed E-state index contributed by atoms with van der Waals surface area (Å²) in [5.41, 5.74) is 2.01. The maximum absolute atomic E-state index is 13.0. The fraction of sp³-hybridized carbons (Fsp3) is 0.0500. The number of ether oxygens (including phenoxy) is 1. The lowest BCUT2D eigenvalue weighted by molar-refractivity contribution is 0.104. The number of nitriles is 1. The topological polar surface area (TPSA) is 63.0 Å². The molecule has 0 saturated heterocycles. The number of rotatable bonds is 6. The highest BCUT2D eigenvalue weighted by Crippen LogP contribution is 2.24. The van der Waals surface area contributed by atoms with Crippen LogP contribution in [0.4, 0.5) is 4.39 Å². The van der Waals surface area contributed by atoms with Gasteiger partial charge in [0.2, 0.25) is 0 Å². The summed E-state index contributed by atoms with van der Waals surface area (Å²) in [6.07, 6.45) is 3.10. The molecule has 0 unspecified atom stereocenters. The van der Waals surface area contributed by atoms with E-state index in [2.05, 4.69) is 4.98 Å². The van der Waals surface area contributed by atoms with E-state index in [1.54, 1.807) is 42.5 Å². The number of carbonyl (C=O) groups excluding carboxylic acids is 1. The van der Waals surface area contributed by atoms with Crippen molar-refractivity contribution in [1.29, 1.82) is 5.26 Å². The molecular formula is C20H13FN2O2S. The Labute approximate surface area is 153 Å². The van der Waals surface area contributed by atoms with E-state index in [1.165, 1.54) is 29.5 Å². The van der Waals surface area contributed by atoms with E-state index in [9.17, 15) is 9.18 Å². The Bertz CT molecular complexity index is 970. The highest BCUT2D eigenvalue weighted by Gasteiger charge is 2.05. The largest absolute Gasteiger partial charge is 0.479 e. The third kappa shape index (κ3) is 4.41. The van der Waals surface area contributed by atoms with Gasteiger partial charge in [-0.05, 0) is 60.7 Å². The third-order valence-corrected chi connectivity index (χ3v) is 4.37. The van der Waals surface area contributed by atoms with Gasteiger partial charge in [0.15, 0.2) is 12.4 Å². The minimum atomic E-state index is -0.292. The van der Waals surface area contributed by atoms with E-state index in [4.69, 9.17) is 10.00 Å². The number of hydrogen-bond acceptors (Lipinski definition) is 5. The van der Waals surface area contributed by atoms with E-state index >= 15 is 0 Å². The predicted octanol–water partition coefficient (Wildman–Crippen LogP) is 4.75. The minimum absolute atomic E-state index is 0.0343. The summed E-state index contributed by atoms with van der Waals surface area (Å²) in [4.78, 5) is 16.6. The molecule has 0 bridgehead atoms. The molecule has 0 fully saturated rings. The number of hydrogen-bond donors (Lipinski definition) is 0. The van der Waals surface area contributed by atoms with Crippen LogP contribution in [0.2, 0.25) is 0 Å². The second kappa shape index (κ2) is 8.19. The molecule has 0 aliphatic heterocycles. The first-order chi connectivity index (χ1) is 12.7. The number of benzene rings is 2. The number of halogens is 1. The quantitative estimate of drug-likeness (QED) is 0.468. The molecule has 0 saturated carbocycles. The fourth-order valence-corrected chi connectivity index (χ4v) is 2.97. The SMILES string of the molecule is N#CCOc1ccc(C(=O)/C=C/c2csc(-c3ccc(F)cc3)n2)cc1. The van der Waals surface area contributed by atoms with Gasteiger partial charge in [-0.15, -0.1) is 11.3 Å². The summed E-state index contributed by atoms with van der Waals surface area (Å²) < 4.78 is 18.1. The molecule has 0 aliphatic carbocycles. The van der Waals surface area contributed by atoms with E-state index in [0.29, 0.717) is 17.0 Å². The zero-order chi connectivity index (χ0) is 18.4. The molecule has 0 aliphatic rings. The predicted molar refractivity (Wildman–Crippen MR) is 98.4 cm³/mol. The molecule has 2 aromatic carbocycles. The Morgan fingerprint density at radius 1 is 1.19 bits per heavy atom. The molecule has 1 aromatic heterocycles. The van der Waals surface area contributed by atoms with E-state index in [-0.39, 0.29) is 18.2 Å². The lowest BCUT2D eigenvalue weighted by Gasteiger charge is -2.01. The van der Waals surface area contributed by atoms with Gasteiger partial charge in [0.1, 0.15) is 22.6 Å². The van der Waals surface area contributed by atoms with Gasteiger partial charge in [-0.25, -0.2) is 9.37 Å². The van der Waals surface area contributed by atoms with Gasteiger partial charge in [-0.3, -0.25) is 4.79 Å². The smallest absolute Gasteiger partial charge is 0.185 e. The Morgan fingerprint density at radius 3 is 2.62 bits per heavy atom. The van der Waals surface area contributed by atoms with Crippen LogP contribution in [-0.4, -0.2) is 17.4 Å². The molecule has 26 heavy (non-hydrogen) atoms. The van der Waals surface area contributed by atoms with Crippen molar-refractivity contribution in [3.05, 3.63) is 77.1 Å². The molecule has 3 aromatic rings. The van der Waals surface area contributed by atoms with Gasteiger partial charge in [-0.2, -0.15) is 5.26 Å². The average molecular weight is 364 g/mol. The van der Waals surface area contributed by atoms with Crippen LogP contribution < -0.4 is 4.74 Å². The number of nitrogens with zero attached hydrogens (tertiary/aromatic N) is 2. The maximum atomic E-state index is 13.0. The van der Waals surface area contributed by atoms with Gasteiger partial charge in [0.05, 0.1) is 5.69 Å². The van der Waals surface area contributed by atoms with Gasteiger partial charge in [0.25, 0.3) is 0 Å². The summed E-state index contributed by atoms with van der Waals surface area (Å²) >= 11 is 1.43. The fourth-order valence-electron chi connectivity index (χ4n) is 2.18. The minimum Gasteiger partial charge on any atom is -0.479 e. The van der Waals surface area contributed by atoms with Crippen molar-refractivity contribution >= 4 is 23.2 Å².